The first kappa shape index (κ1) is 9.00. The van der Waals surface area contributed by atoms with E-state index in [4.69, 9.17) is 0 Å². The quantitative estimate of drug-likeness (QED) is 0.697. The molecule has 66 valence electrons. The molecule has 1 rings (SSSR count). The van der Waals surface area contributed by atoms with Gasteiger partial charge in [0.1, 0.15) is 5.60 Å². The molecule has 0 atom stereocenters. The Morgan fingerprint density at radius 1 is 1.42 bits per heavy atom. The Bertz CT molecular complexity index is 248. The van der Waals surface area contributed by atoms with Crippen LogP contribution in [0.4, 0.5) is 5.69 Å². The number of pyridine rings is 1. The monoisotopic (exact) mass is 166 g/mol. The maximum Gasteiger partial charge on any atom is 0.101 e. The molecule has 0 aromatic carbocycles. The average Bonchev–Trinajstić information content (AvgIpc) is 2.03. The van der Waals surface area contributed by atoms with E-state index in [0.29, 0.717) is 5.69 Å². The second-order valence-electron chi connectivity index (χ2n) is 3.24. The molecule has 1 aromatic rings. The number of nitrogens with zero attached hydrogens (tertiary/aromatic N) is 1. The molecule has 12 heavy (non-hydrogen) atoms. The summed E-state index contributed by atoms with van der Waals surface area (Å²) in [6.45, 7) is 3.43. The Balaban J connectivity index is 2.93. The molecule has 0 bridgehead atoms. The number of rotatable bonds is 2. The van der Waals surface area contributed by atoms with Crippen molar-refractivity contribution in [3.63, 3.8) is 0 Å². The fraction of sp³-hybridized carbons (Fsp3) is 0.444. The van der Waals surface area contributed by atoms with E-state index in [9.17, 15) is 5.11 Å². The highest BCUT2D eigenvalue weighted by Gasteiger charge is 2.16. The lowest BCUT2D eigenvalue weighted by Crippen LogP contribution is -2.17. The van der Waals surface area contributed by atoms with Gasteiger partial charge in [-0.25, -0.2) is 0 Å². The van der Waals surface area contributed by atoms with Crippen LogP contribution in [0.25, 0.3) is 0 Å². The SMILES string of the molecule is CNc1ccc(C(C)(C)O)nc1. The van der Waals surface area contributed by atoms with Gasteiger partial charge in [0.15, 0.2) is 0 Å². The number of hydrogen-bond donors (Lipinski definition) is 2. The molecule has 0 fully saturated rings. The van der Waals surface area contributed by atoms with Gasteiger partial charge in [-0.15, -0.1) is 0 Å². The standard InChI is InChI=1S/C9H14N2O/c1-9(2,12)8-5-4-7(10-3)6-11-8/h4-6,10,12H,1-3H3. The maximum absolute atomic E-state index is 9.57. The largest absolute Gasteiger partial charge is 0.387 e. The predicted octanol–water partition coefficient (Wildman–Crippen LogP) is 1.35. The van der Waals surface area contributed by atoms with Gasteiger partial charge in [0.05, 0.1) is 17.6 Å². The van der Waals surface area contributed by atoms with Gasteiger partial charge in [-0.1, -0.05) is 0 Å². The fourth-order valence-corrected chi connectivity index (χ4v) is 0.904. The molecule has 3 nitrogen and oxygen atoms in total. The lowest BCUT2D eigenvalue weighted by atomic mass is 10.1. The Morgan fingerprint density at radius 3 is 2.42 bits per heavy atom. The molecule has 0 amide bonds. The molecule has 0 unspecified atom stereocenters. The number of hydrogen-bond acceptors (Lipinski definition) is 3. The Kier molecular flexibility index (Phi) is 2.33. The van der Waals surface area contributed by atoms with Crippen molar-refractivity contribution in [1.82, 2.24) is 4.98 Å². The van der Waals surface area contributed by atoms with Crippen LogP contribution in [0.5, 0.6) is 0 Å². The lowest BCUT2D eigenvalue weighted by Gasteiger charge is -2.16. The van der Waals surface area contributed by atoms with Crippen LogP contribution in [0.3, 0.4) is 0 Å². The Labute approximate surface area is 72.5 Å². The molecule has 1 heterocycles. The van der Waals surface area contributed by atoms with E-state index in [1.165, 1.54) is 0 Å². The zero-order valence-electron chi connectivity index (χ0n) is 7.63. The molecule has 1 aromatic heterocycles. The van der Waals surface area contributed by atoms with E-state index in [0.717, 1.165) is 5.69 Å². The summed E-state index contributed by atoms with van der Waals surface area (Å²) in [4.78, 5) is 4.11. The van der Waals surface area contributed by atoms with Crippen LogP contribution in [0.1, 0.15) is 19.5 Å². The molecule has 0 aliphatic rings. The van der Waals surface area contributed by atoms with Crippen LogP contribution in [-0.4, -0.2) is 17.1 Å². The second-order valence-corrected chi connectivity index (χ2v) is 3.24. The van der Waals surface area contributed by atoms with Crippen molar-refractivity contribution in [3.05, 3.63) is 24.0 Å². The summed E-state index contributed by atoms with van der Waals surface area (Å²) in [6.07, 6.45) is 1.70. The van der Waals surface area contributed by atoms with E-state index in [-0.39, 0.29) is 0 Å². The van der Waals surface area contributed by atoms with Crippen LogP contribution in [0, 0.1) is 0 Å². The summed E-state index contributed by atoms with van der Waals surface area (Å²) in [6, 6.07) is 3.70. The molecule has 2 N–H and O–H groups in total. The second kappa shape index (κ2) is 3.11. The molecule has 0 spiro atoms. The molecule has 0 aliphatic carbocycles. The predicted molar refractivity (Wildman–Crippen MR) is 49.0 cm³/mol. The first-order valence-corrected chi connectivity index (χ1v) is 3.90. The van der Waals surface area contributed by atoms with Gasteiger partial charge in [0.2, 0.25) is 0 Å². The minimum atomic E-state index is -0.855. The van der Waals surface area contributed by atoms with E-state index >= 15 is 0 Å². The van der Waals surface area contributed by atoms with Gasteiger partial charge < -0.3 is 10.4 Å². The third-order valence-corrected chi connectivity index (χ3v) is 1.68. The zero-order valence-corrected chi connectivity index (χ0v) is 7.63. The van der Waals surface area contributed by atoms with Gasteiger partial charge in [0, 0.05) is 7.05 Å². The first-order chi connectivity index (χ1) is 5.54. The molecule has 3 heteroatoms. The van der Waals surface area contributed by atoms with Crippen molar-refractivity contribution < 1.29 is 5.11 Å². The van der Waals surface area contributed by atoms with E-state index in [1.54, 1.807) is 20.0 Å². The van der Waals surface area contributed by atoms with Crippen molar-refractivity contribution >= 4 is 5.69 Å². The molecule has 0 saturated heterocycles. The lowest BCUT2D eigenvalue weighted by molar-refractivity contribution is 0.0739. The highest BCUT2D eigenvalue weighted by Crippen LogP contribution is 2.17. The van der Waals surface area contributed by atoms with E-state index in [1.807, 2.05) is 19.2 Å². The summed E-state index contributed by atoms with van der Waals surface area (Å²) in [5, 5.41) is 12.5. The first-order valence-electron chi connectivity index (χ1n) is 3.90. The van der Waals surface area contributed by atoms with Crippen LogP contribution >= 0.6 is 0 Å². The van der Waals surface area contributed by atoms with Gasteiger partial charge in [-0.3, -0.25) is 4.98 Å². The third-order valence-electron chi connectivity index (χ3n) is 1.68. The van der Waals surface area contributed by atoms with Crippen LogP contribution in [0.2, 0.25) is 0 Å². The molecule has 0 aliphatic heterocycles. The summed E-state index contributed by atoms with van der Waals surface area (Å²) < 4.78 is 0. The third kappa shape index (κ3) is 1.95. The molecule has 0 radical (unpaired) electrons. The van der Waals surface area contributed by atoms with Crippen molar-refractivity contribution in [2.75, 3.05) is 12.4 Å². The van der Waals surface area contributed by atoms with Crippen molar-refractivity contribution in [2.45, 2.75) is 19.4 Å². The van der Waals surface area contributed by atoms with Crippen LogP contribution in [0.15, 0.2) is 18.3 Å². The number of anilines is 1. The average molecular weight is 166 g/mol. The van der Waals surface area contributed by atoms with Gasteiger partial charge in [-0.2, -0.15) is 0 Å². The molecular formula is C9H14N2O. The minimum absolute atomic E-state index is 0.682. The van der Waals surface area contributed by atoms with Crippen molar-refractivity contribution in [3.8, 4) is 0 Å². The Hall–Kier alpha value is -1.09. The van der Waals surface area contributed by atoms with Gasteiger partial charge in [-0.05, 0) is 26.0 Å². The van der Waals surface area contributed by atoms with E-state index < -0.39 is 5.60 Å². The highest BCUT2D eigenvalue weighted by molar-refractivity contribution is 5.40. The summed E-state index contributed by atoms with van der Waals surface area (Å²) in [7, 11) is 1.83. The number of aromatic nitrogens is 1. The topological polar surface area (TPSA) is 45.1 Å². The number of aliphatic hydroxyl groups is 1. The summed E-state index contributed by atoms with van der Waals surface area (Å²) in [5.41, 5.74) is 0.774. The molecule has 0 saturated carbocycles. The van der Waals surface area contributed by atoms with Gasteiger partial charge in [0.25, 0.3) is 0 Å². The van der Waals surface area contributed by atoms with Crippen LogP contribution in [-0.2, 0) is 5.60 Å². The number of nitrogens with one attached hydrogen (secondary N) is 1. The Morgan fingerprint density at radius 2 is 2.08 bits per heavy atom. The normalized spacial score (nSPS) is 11.3. The molecular weight excluding hydrogens is 152 g/mol. The fourth-order valence-electron chi connectivity index (χ4n) is 0.904. The van der Waals surface area contributed by atoms with Crippen molar-refractivity contribution in [2.24, 2.45) is 0 Å². The zero-order chi connectivity index (χ0) is 9.19. The van der Waals surface area contributed by atoms with Crippen LogP contribution < -0.4 is 5.32 Å². The minimum Gasteiger partial charge on any atom is -0.387 e. The maximum atomic E-state index is 9.57. The van der Waals surface area contributed by atoms with Crippen molar-refractivity contribution in [1.29, 1.82) is 0 Å². The summed E-state index contributed by atoms with van der Waals surface area (Å²) in [5.74, 6) is 0. The summed E-state index contributed by atoms with van der Waals surface area (Å²) >= 11 is 0. The van der Waals surface area contributed by atoms with Gasteiger partial charge >= 0.3 is 0 Å². The highest BCUT2D eigenvalue weighted by atomic mass is 16.3. The van der Waals surface area contributed by atoms with E-state index in [2.05, 4.69) is 10.3 Å². The smallest absolute Gasteiger partial charge is 0.101 e.